The first-order valence-electron chi connectivity index (χ1n) is 13.4. The van der Waals surface area contributed by atoms with Crippen molar-refractivity contribution in [2.75, 3.05) is 27.8 Å². The van der Waals surface area contributed by atoms with Crippen molar-refractivity contribution in [1.82, 2.24) is 24.5 Å². The molecule has 216 valence electrons. The number of ether oxygens (including phenoxy) is 3. The highest BCUT2D eigenvalue weighted by atomic mass is 32.1. The van der Waals surface area contributed by atoms with E-state index in [0.717, 1.165) is 11.1 Å². The minimum absolute atomic E-state index is 0.0456. The van der Waals surface area contributed by atoms with Crippen LogP contribution in [0.2, 0.25) is 0 Å². The van der Waals surface area contributed by atoms with E-state index in [-0.39, 0.29) is 18.4 Å². The normalized spacial score (nSPS) is 19.1. The predicted molar refractivity (Wildman–Crippen MR) is 155 cm³/mol. The molecule has 1 aliphatic rings. The number of carbonyl (C=O) groups excluding carboxylic acids is 1. The van der Waals surface area contributed by atoms with Crippen LogP contribution in [0.1, 0.15) is 43.3 Å². The molecule has 4 heterocycles. The number of benzene rings is 1. The van der Waals surface area contributed by atoms with Gasteiger partial charge in [0.2, 0.25) is 10.9 Å². The fourth-order valence-electron chi connectivity index (χ4n) is 5.09. The van der Waals surface area contributed by atoms with E-state index in [4.69, 9.17) is 23.6 Å². The number of furan rings is 1. The summed E-state index contributed by atoms with van der Waals surface area (Å²) in [5, 5.41) is 19.6. The summed E-state index contributed by atoms with van der Waals surface area (Å²) >= 11 is 2.77. The summed E-state index contributed by atoms with van der Waals surface area (Å²) in [7, 11) is 4.99. The number of aromatic nitrogens is 4. The Morgan fingerprint density at radius 1 is 1.22 bits per heavy atom. The fraction of sp³-hybridized carbons (Fsp3) is 0.429. The molecule has 13 heteroatoms. The maximum atomic E-state index is 12.6. The van der Waals surface area contributed by atoms with Gasteiger partial charge in [0.25, 0.3) is 5.19 Å². The van der Waals surface area contributed by atoms with Crippen molar-refractivity contribution in [1.29, 1.82) is 0 Å². The lowest BCUT2D eigenvalue weighted by Gasteiger charge is -2.35. The van der Waals surface area contributed by atoms with Gasteiger partial charge >= 0.3 is 0 Å². The fourth-order valence-corrected chi connectivity index (χ4v) is 6.75. The Kier molecular flexibility index (Phi) is 7.34. The number of imidazole rings is 1. The molecule has 0 spiro atoms. The lowest BCUT2D eigenvalue weighted by Crippen LogP contribution is -2.39. The molecule has 1 aromatic carbocycles. The number of amides is 1. The summed E-state index contributed by atoms with van der Waals surface area (Å²) in [6.07, 6.45) is 4.10. The van der Waals surface area contributed by atoms with Crippen molar-refractivity contribution >= 4 is 44.5 Å². The van der Waals surface area contributed by atoms with Crippen LogP contribution in [-0.2, 0) is 17.0 Å². The Morgan fingerprint density at radius 3 is 2.73 bits per heavy atom. The standard InChI is InChI=1S/C28H31N5O6S2/c1-5-32(2)24(34)16-6-8-28(35,9-7-16)25-29-17(15-40-25)14-38-21-10-18(36-3)11-22-19(21)12-23(39-22)20-13-33-26(30-20)41-27(31-33)37-4/h10-13,15-16,35H,5-9,14H2,1-4H3. The number of hydrogen-bond donors (Lipinski definition) is 1. The van der Waals surface area contributed by atoms with Crippen molar-refractivity contribution in [2.24, 2.45) is 5.92 Å². The zero-order valence-corrected chi connectivity index (χ0v) is 24.9. The van der Waals surface area contributed by atoms with Crippen molar-refractivity contribution in [3.63, 3.8) is 0 Å². The molecule has 5 aromatic rings. The van der Waals surface area contributed by atoms with E-state index in [1.165, 1.54) is 22.7 Å². The average molecular weight is 598 g/mol. The molecule has 41 heavy (non-hydrogen) atoms. The number of fused-ring (bicyclic) bond motifs is 2. The van der Waals surface area contributed by atoms with Gasteiger partial charge in [-0.3, -0.25) is 4.79 Å². The molecule has 6 rings (SSSR count). The summed E-state index contributed by atoms with van der Waals surface area (Å²) in [5.74, 6) is 1.86. The first-order valence-corrected chi connectivity index (χ1v) is 15.1. The van der Waals surface area contributed by atoms with E-state index in [1.54, 1.807) is 35.9 Å². The average Bonchev–Trinajstić information content (AvgIpc) is 3.78. The quantitative estimate of drug-likeness (QED) is 0.247. The van der Waals surface area contributed by atoms with Crippen LogP contribution in [0.25, 0.3) is 27.4 Å². The highest BCUT2D eigenvalue weighted by Gasteiger charge is 2.39. The minimum Gasteiger partial charge on any atom is -0.496 e. The van der Waals surface area contributed by atoms with Gasteiger partial charge in [-0.1, -0.05) is 0 Å². The lowest BCUT2D eigenvalue weighted by molar-refractivity contribution is -0.137. The van der Waals surface area contributed by atoms with Crippen molar-refractivity contribution in [3.8, 4) is 28.1 Å². The second-order valence-electron chi connectivity index (χ2n) is 10.2. The third kappa shape index (κ3) is 5.24. The number of hydrogen-bond acceptors (Lipinski definition) is 11. The van der Waals surface area contributed by atoms with Gasteiger partial charge in [-0.05, 0) is 50.0 Å². The van der Waals surface area contributed by atoms with Gasteiger partial charge in [0.05, 0.1) is 31.5 Å². The molecule has 0 bridgehead atoms. The molecule has 4 aromatic heterocycles. The van der Waals surface area contributed by atoms with Crippen LogP contribution in [0, 0.1) is 5.92 Å². The molecular formula is C28H31N5O6S2. The van der Waals surface area contributed by atoms with Crippen molar-refractivity contribution < 1.29 is 28.5 Å². The molecule has 1 amide bonds. The van der Waals surface area contributed by atoms with Crippen LogP contribution in [0.5, 0.6) is 16.7 Å². The summed E-state index contributed by atoms with van der Waals surface area (Å²) in [6, 6.07) is 5.51. The molecule has 0 radical (unpaired) electrons. The van der Waals surface area contributed by atoms with Crippen LogP contribution in [0.4, 0.5) is 0 Å². The maximum absolute atomic E-state index is 12.6. The second kappa shape index (κ2) is 11.0. The maximum Gasteiger partial charge on any atom is 0.294 e. The molecule has 0 saturated heterocycles. The number of methoxy groups -OCH3 is 2. The molecule has 0 aliphatic heterocycles. The molecule has 0 atom stereocenters. The van der Waals surface area contributed by atoms with E-state index in [2.05, 4.69) is 10.1 Å². The largest absolute Gasteiger partial charge is 0.496 e. The Hall–Kier alpha value is -3.68. The molecule has 0 unspecified atom stereocenters. The van der Waals surface area contributed by atoms with Gasteiger partial charge in [-0.2, -0.15) is 0 Å². The second-order valence-corrected chi connectivity index (χ2v) is 11.9. The highest BCUT2D eigenvalue weighted by Crippen LogP contribution is 2.42. The molecule has 11 nitrogen and oxygen atoms in total. The Balaban J connectivity index is 1.18. The topological polar surface area (TPSA) is 124 Å². The van der Waals surface area contributed by atoms with E-state index >= 15 is 0 Å². The van der Waals surface area contributed by atoms with Gasteiger partial charge < -0.3 is 28.6 Å². The van der Waals surface area contributed by atoms with Crippen LogP contribution < -0.4 is 14.2 Å². The van der Waals surface area contributed by atoms with E-state index < -0.39 is 5.60 Å². The SMILES string of the molecule is CCN(C)C(=O)C1CCC(O)(c2nc(COc3cc(OC)cc4oc(-c5cn6nc(OC)sc6n5)cc34)cs2)CC1. The highest BCUT2D eigenvalue weighted by molar-refractivity contribution is 7.18. The number of aliphatic hydroxyl groups is 1. The smallest absolute Gasteiger partial charge is 0.294 e. The van der Waals surface area contributed by atoms with Gasteiger partial charge in [0.15, 0.2) is 5.76 Å². The molecule has 1 saturated carbocycles. The van der Waals surface area contributed by atoms with Gasteiger partial charge in [0.1, 0.15) is 40.0 Å². The number of thiazole rings is 1. The molecule has 1 fully saturated rings. The monoisotopic (exact) mass is 597 g/mol. The van der Waals surface area contributed by atoms with Crippen LogP contribution in [0.3, 0.4) is 0 Å². The first kappa shape index (κ1) is 27.5. The van der Waals surface area contributed by atoms with Crippen LogP contribution in [-0.4, -0.2) is 63.3 Å². The summed E-state index contributed by atoms with van der Waals surface area (Å²) in [5.41, 5.74) is 0.938. The summed E-state index contributed by atoms with van der Waals surface area (Å²) in [4.78, 5) is 24.3. The summed E-state index contributed by atoms with van der Waals surface area (Å²) in [6.45, 7) is 2.86. The molecule has 1 N–H and O–H groups in total. The number of rotatable bonds is 9. The molecular weight excluding hydrogens is 566 g/mol. The van der Waals surface area contributed by atoms with E-state index in [1.807, 2.05) is 31.5 Å². The van der Waals surface area contributed by atoms with Crippen LogP contribution >= 0.6 is 22.7 Å². The van der Waals surface area contributed by atoms with Crippen molar-refractivity contribution in [2.45, 2.75) is 44.8 Å². The van der Waals surface area contributed by atoms with E-state index in [0.29, 0.717) is 75.9 Å². The Labute approximate surface area is 244 Å². The van der Waals surface area contributed by atoms with Gasteiger partial charge in [0, 0.05) is 37.0 Å². The number of carbonyl (C=O) groups is 1. The van der Waals surface area contributed by atoms with Crippen LogP contribution in [0.15, 0.2) is 34.2 Å². The zero-order valence-electron chi connectivity index (χ0n) is 23.2. The van der Waals surface area contributed by atoms with Gasteiger partial charge in [-0.15, -0.1) is 16.4 Å². The molecule has 1 aliphatic carbocycles. The first-order chi connectivity index (χ1) is 19.8. The third-order valence-electron chi connectivity index (χ3n) is 7.60. The third-order valence-corrected chi connectivity index (χ3v) is 9.57. The van der Waals surface area contributed by atoms with Crippen molar-refractivity contribution in [3.05, 3.63) is 40.5 Å². The van der Waals surface area contributed by atoms with Gasteiger partial charge in [-0.25, -0.2) is 14.5 Å². The number of nitrogens with zero attached hydrogens (tertiary/aromatic N) is 5. The Morgan fingerprint density at radius 2 is 2.02 bits per heavy atom. The Bertz CT molecular complexity index is 1660. The minimum atomic E-state index is -1.02. The lowest BCUT2D eigenvalue weighted by atomic mass is 9.78. The zero-order chi connectivity index (χ0) is 28.7. The predicted octanol–water partition coefficient (Wildman–Crippen LogP) is 5.11. The van der Waals surface area contributed by atoms with E-state index in [9.17, 15) is 9.90 Å². The summed E-state index contributed by atoms with van der Waals surface area (Å²) < 4.78 is 24.7.